The van der Waals surface area contributed by atoms with Gasteiger partial charge in [0.15, 0.2) is 0 Å². The largest absolute Gasteiger partial charge is 0.469 e. The fraction of sp³-hybridized carbons (Fsp3) is 0.636. The first kappa shape index (κ1) is 29.4. The van der Waals surface area contributed by atoms with Crippen LogP contribution in [-0.4, -0.2) is 33.9 Å². The third-order valence-corrected chi connectivity index (χ3v) is 4.93. The van der Waals surface area contributed by atoms with E-state index in [1.165, 1.54) is 6.92 Å². The number of rotatable bonds is 17. The SMILES string of the molecule is CC/C=C\C/C=C\C/C=C\CCCCCCCC(=O)OC(=O)[C@@H](N)[C@@H](C)OP(=O)(O)O. The van der Waals surface area contributed by atoms with Crippen LogP contribution in [0.5, 0.6) is 0 Å². The van der Waals surface area contributed by atoms with Crippen LogP contribution < -0.4 is 5.73 Å². The molecule has 0 spiro atoms. The van der Waals surface area contributed by atoms with Gasteiger partial charge in [-0.05, 0) is 45.4 Å². The maximum absolute atomic E-state index is 11.7. The molecule has 0 aromatic rings. The zero-order valence-electron chi connectivity index (χ0n) is 18.7. The van der Waals surface area contributed by atoms with Gasteiger partial charge < -0.3 is 20.3 Å². The minimum absolute atomic E-state index is 0.0892. The number of phosphoric ester groups is 1. The van der Waals surface area contributed by atoms with Gasteiger partial charge in [-0.2, -0.15) is 0 Å². The second-order valence-electron chi connectivity index (χ2n) is 7.22. The molecule has 0 saturated carbocycles. The number of allylic oxidation sites excluding steroid dienone is 6. The van der Waals surface area contributed by atoms with Gasteiger partial charge in [-0.1, -0.05) is 62.6 Å². The number of hydrogen-bond donors (Lipinski definition) is 3. The summed E-state index contributed by atoms with van der Waals surface area (Å²) in [5.41, 5.74) is 5.49. The first-order valence-corrected chi connectivity index (χ1v) is 12.4. The third-order valence-electron chi connectivity index (χ3n) is 4.33. The van der Waals surface area contributed by atoms with Crippen molar-refractivity contribution in [1.82, 2.24) is 0 Å². The molecule has 31 heavy (non-hydrogen) atoms. The van der Waals surface area contributed by atoms with E-state index >= 15 is 0 Å². The Hall–Kier alpha value is -1.57. The van der Waals surface area contributed by atoms with Crippen molar-refractivity contribution in [2.75, 3.05) is 0 Å². The molecule has 4 N–H and O–H groups in total. The molecule has 0 aliphatic heterocycles. The molecule has 0 saturated heterocycles. The lowest BCUT2D eigenvalue weighted by Gasteiger charge is -2.18. The molecule has 0 rings (SSSR count). The van der Waals surface area contributed by atoms with Crippen LogP contribution in [0.3, 0.4) is 0 Å². The summed E-state index contributed by atoms with van der Waals surface area (Å²) in [6.07, 6.45) is 20.5. The minimum atomic E-state index is -4.78. The summed E-state index contributed by atoms with van der Waals surface area (Å²) in [7, 11) is -4.78. The summed E-state index contributed by atoms with van der Waals surface area (Å²) in [6, 6.07) is -1.46. The highest BCUT2D eigenvalue weighted by atomic mass is 31.2. The third kappa shape index (κ3) is 18.9. The van der Waals surface area contributed by atoms with Crippen molar-refractivity contribution in [3.63, 3.8) is 0 Å². The van der Waals surface area contributed by atoms with Crippen LogP contribution in [0.2, 0.25) is 0 Å². The van der Waals surface area contributed by atoms with E-state index in [-0.39, 0.29) is 6.42 Å². The van der Waals surface area contributed by atoms with Crippen LogP contribution in [0.4, 0.5) is 0 Å². The number of esters is 2. The van der Waals surface area contributed by atoms with E-state index in [4.69, 9.17) is 15.5 Å². The molecule has 0 aromatic heterocycles. The smallest absolute Gasteiger partial charge is 0.392 e. The molecular formula is C22H38NO7P. The normalized spacial score (nSPS) is 14.5. The van der Waals surface area contributed by atoms with Gasteiger partial charge in [0.2, 0.25) is 0 Å². The van der Waals surface area contributed by atoms with Crippen molar-refractivity contribution in [3.8, 4) is 0 Å². The van der Waals surface area contributed by atoms with Gasteiger partial charge in [0.1, 0.15) is 6.04 Å². The number of hydrogen-bond acceptors (Lipinski definition) is 6. The van der Waals surface area contributed by atoms with E-state index in [0.29, 0.717) is 6.42 Å². The molecule has 2 atom stereocenters. The summed E-state index contributed by atoms with van der Waals surface area (Å²) in [5, 5.41) is 0. The number of phosphoric acid groups is 1. The summed E-state index contributed by atoms with van der Waals surface area (Å²) >= 11 is 0. The predicted molar refractivity (Wildman–Crippen MR) is 121 cm³/mol. The van der Waals surface area contributed by atoms with Gasteiger partial charge in [0, 0.05) is 6.42 Å². The van der Waals surface area contributed by atoms with Gasteiger partial charge in [-0.3, -0.25) is 9.32 Å². The number of carbonyl (C=O) groups is 2. The molecule has 0 aliphatic rings. The van der Waals surface area contributed by atoms with Crippen molar-refractivity contribution in [3.05, 3.63) is 36.5 Å². The summed E-state index contributed by atoms with van der Waals surface area (Å²) in [6.45, 7) is 3.34. The van der Waals surface area contributed by atoms with Crippen LogP contribution in [0.15, 0.2) is 36.5 Å². The number of unbranched alkanes of at least 4 members (excludes halogenated alkanes) is 5. The molecular weight excluding hydrogens is 421 g/mol. The van der Waals surface area contributed by atoms with Crippen LogP contribution in [0, 0.1) is 0 Å². The predicted octanol–water partition coefficient (Wildman–Crippen LogP) is 4.47. The quantitative estimate of drug-likeness (QED) is 0.0953. The lowest BCUT2D eigenvalue weighted by atomic mass is 10.1. The summed E-state index contributed by atoms with van der Waals surface area (Å²) < 4.78 is 19.7. The summed E-state index contributed by atoms with van der Waals surface area (Å²) in [5.74, 6) is -1.77. The first-order valence-electron chi connectivity index (χ1n) is 10.9. The Bertz CT molecular complexity index is 640. The average Bonchev–Trinajstić information content (AvgIpc) is 2.68. The van der Waals surface area contributed by atoms with E-state index in [9.17, 15) is 14.2 Å². The fourth-order valence-electron chi connectivity index (χ4n) is 2.59. The van der Waals surface area contributed by atoms with Crippen molar-refractivity contribution in [1.29, 1.82) is 0 Å². The molecule has 0 radical (unpaired) electrons. The maximum Gasteiger partial charge on any atom is 0.469 e. The first-order chi connectivity index (χ1) is 14.7. The highest BCUT2D eigenvalue weighted by Crippen LogP contribution is 2.37. The van der Waals surface area contributed by atoms with Crippen molar-refractivity contribution < 1.29 is 33.2 Å². The Labute approximate surface area is 185 Å². The molecule has 178 valence electrons. The lowest BCUT2D eigenvalue weighted by molar-refractivity contribution is -0.161. The molecule has 9 heteroatoms. The molecule has 8 nitrogen and oxygen atoms in total. The second-order valence-corrected chi connectivity index (χ2v) is 8.41. The molecule has 0 bridgehead atoms. The molecule has 0 aliphatic carbocycles. The summed E-state index contributed by atoms with van der Waals surface area (Å²) in [4.78, 5) is 40.8. The Morgan fingerprint density at radius 2 is 1.48 bits per heavy atom. The highest BCUT2D eigenvalue weighted by molar-refractivity contribution is 7.46. The zero-order valence-corrected chi connectivity index (χ0v) is 19.5. The van der Waals surface area contributed by atoms with Crippen molar-refractivity contribution in [2.24, 2.45) is 5.73 Å². The van der Waals surface area contributed by atoms with Gasteiger partial charge in [0.25, 0.3) is 0 Å². The van der Waals surface area contributed by atoms with Gasteiger partial charge >= 0.3 is 19.8 Å². The Kier molecular flexibility index (Phi) is 17.1. The Morgan fingerprint density at radius 1 is 0.935 bits per heavy atom. The second kappa shape index (κ2) is 18.0. The molecule has 0 heterocycles. The van der Waals surface area contributed by atoms with Crippen LogP contribution in [0.1, 0.15) is 78.1 Å². The molecule has 0 aromatic carbocycles. The van der Waals surface area contributed by atoms with Crippen LogP contribution in [0.25, 0.3) is 0 Å². The van der Waals surface area contributed by atoms with Gasteiger partial charge in [-0.25, -0.2) is 9.36 Å². The van der Waals surface area contributed by atoms with Crippen molar-refractivity contribution in [2.45, 2.75) is 90.2 Å². The molecule has 0 fully saturated rings. The highest BCUT2D eigenvalue weighted by Gasteiger charge is 2.30. The monoisotopic (exact) mass is 459 g/mol. The maximum atomic E-state index is 11.7. The lowest BCUT2D eigenvalue weighted by Crippen LogP contribution is -2.43. The fourth-order valence-corrected chi connectivity index (χ4v) is 3.16. The van der Waals surface area contributed by atoms with Crippen molar-refractivity contribution >= 4 is 19.8 Å². The Morgan fingerprint density at radius 3 is 2.10 bits per heavy atom. The van der Waals surface area contributed by atoms with E-state index < -0.39 is 31.9 Å². The number of carbonyl (C=O) groups excluding carboxylic acids is 2. The van der Waals surface area contributed by atoms with E-state index in [1.54, 1.807) is 0 Å². The van der Waals surface area contributed by atoms with E-state index in [2.05, 4.69) is 52.6 Å². The molecule has 0 unspecified atom stereocenters. The number of nitrogens with two attached hydrogens (primary N) is 1. The van der Waals surface area contributed by atoms with Gasteiger partial charge in [-0.15, -0.1) is 0 Å². The van der Waals surface area contributed by atoms with Gasteiger partial charge in [0.05, 0.1) is 6.10 Å². The standard InChI is InChI=1S/C22H38NO7P/c1-3-4-5-6-7-8-9-10-11-12-13-14-15-16-17-18-20(24)29-22(25)21(23)19(2)30-31(26,27)28/h4-5,7-8,10-11,19,21H,3,6,9,12-18,23H2,1-2H3,(H2,26,27,28)/b5-4-,8-7-,11-10-/t19-,21+/m1/s1. The topological polar surface area (TPSA) is 136 Å². The number of ether oxygens (including phenoxy) is 1. The van der Waals surface area contributed by atoms with E-state index in [0.717, 1.165) is 51.4 Å². The zero-order chi connectivity index (χ0) is 23.5. The average molecular weight is 460 g/mol. The van der Waals surface area contributed by atoms with E-state index in [1.807, 2.05) is 0 Å². The van der Waals surface area contributed by atoms with Crippen LogP contribution in [-0.2, 0) is 23.4 Å². The molecule has 0 amide bonds. The Balaban J connectivity index is 3.73. The minimum Gasteiger partial charge on any atom is -0.392 e. The van der Waals surface area contributed by atoms with Crippen LogP contribution >= 0.6 is 7.82 Å².